The van der Waals surface area contributed by atoms with E-state index >= 15 is 0 Å². The van der Waals surface area contributed by atoms with Gasteiger partial charge >= 0.3 is 0 Å². The normalized spacial score (nSPS) is 14.1. The van der Waals surface area contributed by atoms with Crippen molar-refractivity contribution in [2.75, 3.05) is 0 Å². The second kappa shape index (κ2) is 9.58. The van der Waals surface area contributed by atoms with Gasteiger partial charge in [-0.15, -0.1) is 0 Å². The Balaban J connectivity index is 1.13. The van der Waals surface area contributed by atoms with E-state index < -0.39 is 0 Å². The van der Waals surface area contributed by atoms with Crippen molar-refractivity contribution < 1.29 is 0 Å². The number of hydrogen-bond donors (Lipinski definition) is 0. The van der Waals surface area contributed by atoms with Crippen LogP contribution in [-0.2, 0) is 0 Å². The number of para-hydroxylation sites is 1. The largest absolute Gasteiger partial charge is 0.273 e. The van der Waals surface area contributed by atoms with Crippen molar-refractivity contribution in [3.05, 3.63) is 161 Å². The zero-order valence-corrected chi connectivity index (χ0v) is 23.7. The summed E-state index contributed by atoms with van der Waals surface area (Å²) < 4.78 is 1.84. The fourth-order valence-electron chi connectivity index (χ4n) is 6.75. The lowest BCUT2D eigenvalue weighted by molar-refractivity contribution is 1.20. The highest BCUT2D eigenvalue weighted by molar-refractivity contribution is 6.19. The molecule has 0 unspecified atom stereocenters. The molecule has 8 aromatic rings. The Morgan fingerprint density at radius 2 is 1.36 bits per heavy atom. The van der Waals surface area contributed by atoms with Gasteiger partial charge in [0.2, 0.25) is 0 Å². The van der Waals surface area contributed by atoms with Crippen molar-refractivity contribution in [1.82, 2.24) is 9.38 Å². The van der Waals surface area contributed by atoms with Crippen LogP contribution in [0.4, 0.5) is 5.69 Å². The highest BCUT2D eigenvalue weighted by atomic mass is 16.1. The van der Waals surface area contributed by atoms with E-state index in [4.69, 9.17) is 9.98 Å². The Hall–Kier alpha value is -5.87. The summed E-state index contributed by atoms with van der Waals surface area (Å²) in [7, 11) is 0. The monoisotopic (exact) mass is 563 g/mol. The van der Waals surface area contributed by atoms with Gasteiger partial charge < -0.3 is 0 Å². The van der Waals surface area contributed by atoms with Crippen LogP contribution in [-0.4, -0.2) is 15.1 Å². The fourth-order valence-corrected chi connectivity index (χ4v) is 6.75. The first-order valence-electron chi connectivity index (χ1n) is 14.8. The summed E-state index contributed by atoms with van der Waals surface area (Å²) in [6.07, 6.45) is 4.89. The van der Waals surface area contributed by atoms with Crippen molar-refractivity contribution >= 4 is 61.1 Å². The van der Waals surface area contributed by atoms with E-state index in [-0.39, 0.29) is 5.56 Å². The molecule has 5 aromatic carbocycles. The van der Waals surface area contributed by atoms with Gasteiger partial charge in [0.25, 0.3) is 5.56 Å². The summed E-state index contributed by atoms with van der Waals surface area (Å²) in [6, 6.07) is 43.7. The maximum atomic E-state index is 13.6. The summed E-state index contributed by atoms with van der Waals surface area (Å²) in [5, 5.41) is 3.67. The number of hydrogen-bond acceptors (Lipinski definition) is 3. The van der Waals surface area contributed by atoms with Crippen LogP contribution >= 0.6 is 0 Å². The fraction of sp³-hybridized carbons (Fsp3) is 0.0250. The van der Waals surface area contributed by atoms with Crippen LogP contribution in [0.2, 0.25) is 0 Å². The molecule has 0 radical (unpaired) electrons. The van der Waals surface area contributed by atoms with Gasteiger partial charge in [0.05, 0.1) is 27.9 Å². The molecule has 1 aliphatic rings. The summed E-state index contributed by atoms with van der Waals surface area (Å²) in [5.74, 6) is 0. The van der Waals surface area contributed by atoms with Crippen LogP contribution in [0.15, 0.2) is 143 Å². The molecular formula is C40H25N3O. The van der Waals surface area contributed by atoms with E-state index in [1.54, 1.807) is 0 Å². The third-order valence-electron chi connectivity index (χ3n) is 8.85. The Kier molecular flexibility index (Phi) is 5.38. The molecule has 1 aliphatic heterocycles. The number of pyridine rings is 2. The maximum Gasteiger partial charge on any atom is 0.263 e. The lowest BCUT2D eigenvalue weighted by Crippen LogP contribution is -2.13. The zero-order chi connectivity index (χ0) is 29.2. The van der Waals surface area contributed by atoms with Gasteiger partial charge in [-0.1, -0.05) is 103 Å². The standard InChI is InChI=1S/C40H25N3O/c44-40-33-12-5-4-11-31(33)38-39-32(20-21-41-38)34-23-28(18-19-37(34)43(39)40)26-14-16-27(17-15-26)36-24-29(22-25-8-2-1-3-9-25)30-10-6-7-13-35(30)42-36/h1-23H,24H2/b29-22-. The van der Waals surface area contributed by atoms with Crippen LogP contribution in [0.25, 0.3) is 60.9 Å². The average molecular weight is 564 g/mol. The molecular weight excluding hydrogens is 538 g/mol. The van der Waals surface area contributed by atoms with Gasteiger partial charge in [-0.05, 0) is 58.2 Å². The average Bonchev–Trinajstić information content (AvgIpc) is 3.42. The Morgan fingerprint density at radius 1 is 0.636 bits per heavy atom. The van der Waals surface area contributed by atoms with Gasteiger partial charge in [-0.2, -0.15) is 0 Å². The molecule has 44 heavy (non-hydrogen) atoms. The minimum Gasteiger partial charge on any atom is -0.273 e. The molecule has 4 nitrogen and oxygen atoms in total. The number of aromatic nitrogens is 2. The van der Waals surface area contributed by atoms with Gasteiger partial charge in [0, 0.05) is 39.7 Å². The van der Waals surface area contributed by atoms with Gasteiger partial charge in [0.15, 0.2) is 0 Å². The van der Waals surface area contributed by atoms with Crippen molar-refractivity contribution in [2.24, 2.45) is 4.99 Å². The minimum absolute atomic E-state index is 0.00582. The molecule has 3 aromatic heterocycles. The molecule has 0 saturated carbocycles. The van der Waals surface area contributed by atoms with Gasteiger partial charge in [-0.25, -0.2) is 0 Å². The minimum atomic E-state index is -0.00582. The smallest absolute Gasteiger partial charge is 0.263 e. The van der Waals surface area contributed by atoms with Gasteiger partial charge in [-0.3, -0.25) is 19.2 Å². The zero-order valence-electron chi connectivity index (χ0n) is 23.7. The third kappa shape index (κ3) is 3.74. The summed E-state index contributed by atoms with van der Waals surface area (Å²) in [4.78, 5) is 23.4. The number of allylic oxidation sites excluding steroid dienone is 1. The van der Waals surface area contributed by atoms with Crippen LogP contribution in [0, 0.1) is 0 Å². The van der Waals surface area contributed by atoms with E-state index in [0.29, 0.717) is 5.39 Å². The third-order valence-corrected chi connectivity index (χ3v) is 8.85. The van der Waals surface area contributed by atoms with Crippen LogP contribution in [0.5, 0.6) is 0 Å². The molecule has 0 fully saturated rings. The highest BCUT2D eigenvalue weighted by Gasteiger charge is 2.20. The summed E-state index contributed by atoms with van der Waals surface area (Å²) in [6.45, 7) is 0. The van der Waals surface area contributed by atoms with E-state index in [0.717, 1.165) is 67.2 Å². The summed E-state index contributed by atoms with van der Waals surface area (Å²) >= 11 is 0. The second-order valence-electron chi connectivity index (χ2n) is 11.4. The first-order valence-corrected chi connectivity index (χ1v) is 14.8. The highest BCUT2D eigenvalue weighted by Crippen LogP contribution is 2.38. The first-order chi connectivity index (χ1) is 21.7. The lowest BCUT2D eigenvalue weighted by Gasteiger charge is -2.19. The molecule has 0 bridgehead atoms. The molecule has 4 heterocycles. The van der Waals surface area contributed by atoms with E-state index in [9.17, 15) is 4.79 Å². The van der Waals surface area contributed by atoms with Crippen LogP contribution in [0.1, 0.15) is 23.1 Å². The summed E-state index contributed by atoms with van der Waals surface area (Å²) in [5.41, 5.74) is 11.7. The van der Waals surface area contributed by atoms with Crippen molar-refractivity contribution in [2.45, 2.75) is 6.42 Å². The Morgan fingerprint density at radius 3 is 2.23 bits per heavy atom. The van der Waals surface area contributed by atoms with E-state index in [2.05, 4.69) is 91.0 Å². The van der Waals surface area contributed by atoms with Crippen LogP contribution in [0.3, 0.4) is 0 Å². The number of nitrogens with zero attached hydrogens (tertiary/aromatic N) is 3. The maximum absolute atomic E-state index is 13.6. The SMILES string of the molecule is O=c1c2ccccc2c2nccc3c4cc(-c5ccc(C6=Nc7ccccc7/C(=C\c7ccccc7)C6)cc5)ccc4n1c32. The quantitative estimate of drug-likeness (QED) is 0.201. The van der Waals surface area contributed by atoms with Crippen LogP contribution < -0.4 is 5.56 Å². The number of aliphatic imine (C=N–C) groups is 1. The molecule has 9 rings (SSSR count). The molecule has 0 atom stereocenters. The lowest BCUT2D eigenvalue weighted by atomic mass is 9.90. The molecule has 0 spiro atoms. The number of rotatable bonds is 3. The molecule has 0 aliphatic carbocycles. The predicted molar refractivity (Wildman–Crippen MR) is 182 cm³/mol. The topological polar surface area (TPSA) is 46.7 Å². The number of benzene rings is 5. The second-order valence-corrected chi connectivity index (χ2v) is 11.4. The molecule has 0 N–H and O–H groups in total. The Labute approximate surface area is 253 Å². The van der Waals surface area contributed by atoms with Crippen molar-refractivity contribution in [3.63, 3.8) is 0 Å². The first kappa shape index (κ1) is 24.7. The number of fused-ring (bicyclic) bond motifs is 6. The van der Waals surface area contributed by atoms with Crippen molar-refractivity contribution in [1.29, 1.82) is 0 Å². The molecule has 206 valence electrons. The Bertz CT molecular complexity index is 2520. The van der Waals surface area contributed by atoms with Gasteiger partial charge in [0.1, 0.15) is 0 Å². The molecule has 0 saturated heterocycles. The van der Waals surface area contributed by atoms with Crippen molar-refractivity contribution in [3.8, 4) is 11.1 Å². The van der Waals surface area contributed by atoms with E-state index in [1.165, 1.54) is 16.7 Å². The predicted octanol–water partition coefficient (Wildman–Crippen LogP) is 9.32. The molecule has 0 amide bonds. The van der Waals surface area contributed by atoms with E-state index in [1.807, 2.05) is 53.1 Å². The molecule has 4 heteroatoms.